The third kappa shape index (κ3) is 4.13. The Hall–Kier alpha value is -1.35. The number of benzene rings is 1. The molecule has 0 aliphatic carbocycles. The molecule has 1 rings (SSSR count). The fourth-order valence-corrected chi connectivity index (χ4v) is 1.51. The first kappa shape index (κ1) is 11.7. The van der Waals surface area contributed by atoms with Crippen LogP contribution in [-0.4, -0.2) is 12.5 Å². The van der Waals surface area contributed by atoms with E-state index in [1.165, 1.54) is 0 Å². The van der Waals surface area contributed by atoms with Crippen LogP contribution in [0.5, 0.6) is 0 Å². The predicted octanol–water partition coefficient (Wildman–Crippen LogP) is 1.60. The highest BCUT2D eigenvalue weighted by atomic mass is 16.1. The maximum Gasteiger partial charge on any atom is 0.219 e. The molecule has 15 heavy (non-hydrogen) atoms. The van der Waals surface area contributed by atoms with Crippen LogP contribution in [0.3, 0.4) is 0 Å². The summed E-state index contributed by atoms with van der Waals surface area (Å²) in [5, 5.41) is 3.32. The molecular weight excluding hydrogens is 188 g/mol. The van der Waals surface area contributed by atoms with Crippen LogP contribution in [0.2, 0.25) is 0 Å². The second-order valence-corrected chi connectivity index (χ2v) is 3.59. The highest BCUT2D eigenvalue weighted by Gasteiger charge is 2.12. The van der Waals surface area contributed by atoms with E-state index in [4.69, 9.17) is 5.73 Å². The number of nitrogens with one attached hydrogen (secondary N) is 1. The molecule has 1 aromatic rings. The molecule has 1 amide bonds. The summed E-state index contributed by atoms with van der Waals surface area (Å²) in [6.45, 7) is 2.99. The molecule has 82 valence electrons. The van der Waals surface area contributed by atoms with Gasteiger partial charge in [-0.25, -0.2) is 0 Å². The molecule has 0 bridgehead atoms. The molecule has 0 spiro atoms. The number of rotatable bonds is 6. The minimum Gasteiger partial charge on any atom is -0.370 e. The summed E-state index contributed by atoms with van der Waals surface area (Å²) in [5.74, 6) is -0.271. The number of carbonyl (C=O) groups is 1. The summed E-state index contributed by atoms with van der Waals surface area (Å²) < 4.78 is 0. The van der Waals surface area contributed by atoms with E-state index in [2.05, 4.69) is 12.2 Å². The largest absolute Gasteiger partial charge is 0.370 e. The van der Waals surface area contributed by atoms with Gasteiger partial charge in [0, 0.05) is 12.5 Å². The van der Waals surface area contributed by atoms with Gasteiger partial charge < -0.3 is 11.1 Å². The van der Waals surface area contributed by atoms with Crippen LogP contribution >= 0.6 is 0 Å². The lowest BCUT2D eigenvalue weighted by molar-refractivity contribution is -0.118. The third-order valence-electron chi connectivity index (χ3n) is 2.25. The zero-order valence-corrected chi connectivity index (χ0v) is 9.07. The lowest BCUT2D eigenvalue weighted by Crippen LogP contribution is -2.27. The fraction of sp³-hybridized carbons (Fsp3) is 0.417. The molecule has 1 atom stereocenters. The molecular formula is C12H18N2O. The van der Waals surface area contributed by atoms with Crippen molar-refractivity contribution in [1.82, 2.24) is 5.32 Å². The van der Waals surface area contributed by atoms with E-state index < -0.39 is 0 Å². The van der Waals surface area contributed by atoms with Gasteiger partial charge in [-0.3, -0.25) is 4.79 Å². The van der Waals surface area contributed by atoms with Gasteiger partial charge in [-0.2, -0.15) is 0 Å². The number of hydrogen-bond acceptors (Lipinski definition) is 2. The number of primary amides is 1. The predicted molar refractivity (Wildman–Crippen MR) is 61.3 cm³/mol. The van der Waals surface area contributed by atoms with Crippen LogP contribution in [0.1, 0.15) is 31.4 Å². The van der Waals surface area contributed by atoms with Crippen LogP contribution in [0.25, 0.3) is 0 Å². The molecule has 0 fully saturated rings. The Labute approximate surface area is 90.7 Å². The van der Waals surface area contributed by atoms with Gasteiger partial charge >= 0.3 is 0 Å². The summed E-state index contributed by atoms with van der Waals surface area (Å²) in [6.07, 6.45) is 1.39. The Morgan fingerprint density at radius 3 is 2.60 bits per heavy atom. The highest BCUT2D eigenvalue weighted by molar-refractivity contribution is 5.74. The van der Waals surface area contributed by atoms with Crippen molar-refractivity contribution in [3.05, 3.63) is 35.9 Å². The van der Waals surface area contributed by atoms with E-state index in [1.54, 1.807) is 0 Å². The van der Waals surface area contributed by atoms with Crippen molar-refractivity contribution in [3.63, 3.8) is 0 Å². The van der Waals surface area contributed by atoms with Crippen LogP contribution in [0, 0.1) is 0 Å². The van der Waals surface area contributed by atoms with Gasteiger partial charge in [0.1, 0.15) is 0 Å². The normalized spacial score (nSPS) is 12.3. The van der Waals surface area contributed by atoms with E-state index in [1.807, 2.05) is 30.3 Å². The summed E-state index contributed by atoms with van der Waals surface area (Å²) in [4.78, 5) is 10.9. The molecule has 0 heterocycles. The van der Waals surface area contributed by atoms with Crippen molar-refractivity contribution in [1.29, 1.82) is 0 Å². The van der Waals surface area contributed by atoms with Crippen LogP contribution < -0.4 is 11.1 Å². The Morgan fingerprint density at radius 1 is 1.40 bits per heavy atom. The molecule has 3 heteroatoms. The average molecular weight is 206 g/mol. The number of hydrogen-bond donors (Lipinski definition) is 2. The third-order valence-corrected chi connectivity index (χ3v) is 2.25. The smallest absolute Gasteiger partial charge is 0.219 e. The standard InChI is InChI=1S/C12H18N2O/c1-2-8-14-11(9-12(13)15)10-6-4-3-5-7-10/h3-7,11,14H,2,8-9H2,1H3,(H2,13,15). The Kier molecular flexibility index (Phi) is 4.84. The first-order valence-corrected chi connectivity index (χ1v) is 5.30. The molecule has 0 saturated carbocycles. The van der Waals surface area contributed by atoms with Gasteiger partial charge in [-0.15, -0.1) is 0 Å². The molecule has 3 N–H and O–H groups in total. The molecule has 0 aliphatic rings. The first-order chi connectivity index (χ1) is 7.24. The zero-order chi connectivity index (χ0) is 11.1. The Morgan fingerprint density at radius 2 is 2.07 bits per heavy atom. The molecule has 3 nitrogen and oxygen atoms in total. The van der Waals surface area contributed by atoms with Crippen molar-refractivity contribution in [2.45, 2.75) is 25.8 Å². The molecule has 0 radical (unpaired) electrons. The molecule has 1 unspecified atom stereocenters. The van der Waals surface area contributed by atoms with Gasteiger partial charge in [-0.05, 0) is 18.5 Å². The lowest BCUT2D eigenvalue weighted by atomic mass is 10.0. The molecule has 0 aliphatic heterocycles. The van der Waals surface area contributed by atoms with Crippen molar-refractivity contribution in [3.8, 4) is 0 Å². The Balaban J connectivity index is 2.67. The fourth-order valence-electron chi connectivity index (χ4n) is 1.51. The van der Waals surface area contributed by atoms with Gasteiger partial charge in [0.15, 0.2) is 0 Å². The zero-order valence-electron chi connectivity index (χ0n) is 9.07. The summed E-state index contributed by atoms with van der Waals surface area (Å²) in [6, 6.07) is 9.97. The van der Waals surface area contributed by atoms with Gasteiger partial charge in [0.05, 0.1) is 0 Å². The summed E-state index contributed by atoms with van der Waals surface area (Å²) in [5.41, 5.74) is 6.34. The quantitative estimate of drug-likeness (QED) is 0.742. The topological polar surface area (TPSA) is 55.1 Å². The minimum atomic E-state index is -0.271. The van der Waals surface area contributed by atoms with E-state index in [0.717, 1.165) is 18.5 Å². The minimum absolute atomic E-state index is 0.0450. The summed E-state index contributed by atoms with van der Waals surface area (Å²) in [7, 11) is 0. The maximum atomic E-state index is 10.9. The highest BCUT2D eigenvalue weighted by Crippen LogP contribution is 2.15. The van der Waals surface area contributed by atoms with Gasteiger partial charge in [0.25, 0.3) is 0 Å². The second kappa shape index (κ2) is 6.19. The lowest BCUT2D eigenvalue weighted by Gasteiger charge is -2.17. The van der Waals surface area contributed by atoms with Gasteiger partial charge in [0.2, 0.25) is 5.91 Å². The molecule has 1 aromatic carbocycles. The van der Waals surface area contributed by atoms with Crippen molar-refractivity contribution in [2.75, 3.05) is 6.54 Å². The first-order valence-electron chi connectivity index (χ1n) is 5.30. The van der Waals surface area contributed by atoms with Crippen LogP contribution in [-0.2, 0) is 4.79 Å². The Bertz CT molecular complexity index is 298. The van der Waals surface area contributed by atoms with Crippen LogP contribution in [0.15, 0.2) is 30.3 Å². The van der Waals surface area contributed by atoms with E-state index in [-0.39, 0.29) is 11.9 Å². The SMILES string of the molecule is CCCNC(CC(N)=O)c1ccccc1. The number of carbonyl (C=O) groups excluding carboxylic acids is 1. The van der Waals surface area contributed by atoms with Crippen molar-refractivity contribution >= 4 is 5.91 Å². The molecule has 0 saturated heterocycles. The van der Waals surface area contributed by atoms with Crippen LogP contribution in [0.4, 0.5) is 0 Å². The molecule has 0 aromatic heterocycles. The van der Waals surface area contributed by atoms with E-state index in [0.29, 0.717) is 6.42 Å². The van der Waals surface area contributed by atoms with Crippen molar-refractivity contribution in [2.24, 2.45) is 5.73 Å². The van der Waals surface area contributed by atoms with Crippen molar-refractivity contribution < 1.29 is 4.79 Å². The maximum absolute atomic E-state index is 10.9. The second-order valence-electron chi connectivity index (χ2n) is 3.59. The van der Waals surface area contributed by atoms with Gasteiger partial charge in [-0.1, -0.05) is 37.3 Å². The van der Waals surface area contributed by atoms with E-state index in [9.17, 15) is 4.79 Å². The van der Waals surface area contributed by atoms with E-state index >= 15 is 0 Å². The summed E-state index contributed by atoms with van der Waals surface area (Å²) >= 11 is 0. The number of amides is 1. The monoisotopic (exact) mass is 206 g/mol. The number of nitrogens with two attached hydrogens (primary N) is 1. The average Bonchev–Trinajstić information content (AvgIpc) is 2.25.